The highest BCUT2D eigenvalue weighted by atomic mass is 32.1. The number of aromatic nitrogens is 2. The molecule has 0 atom stereocenters. The Balaban J connectivity index is 2.46. The molecule has 0 aromatic carbocycles. The summed E-state index contributed by atoms with van der Waals surface area (Å²) in [5, 5.41) is 13.9. The second-order valence-corrected chi connectivity index (χ2v) is 5.00. The van der Waals surface area contributed by atoms with Gasteiger partial charge < -0.3 is 11.1 Å². The molecular weight excluding hydrogens is 282 g/mol. The lowest BCUT2D eigenvalue weighted by atomic mass is 10.2. The van der Waals surface area contributed by atoms with Gasteiger partial charge in [-0.2, -0.15) is 0 Å². The number of thiazole rings is 1. The minimum absolute atomic E-state index is 0.136. The molecule has 2 heterocycles. The Bertz CT molecular complexity index is 697. The van der Waals surface area contributed by atoms with Gasteiger partial charge in [0, 0.05) is 24.8 Å². The highest BCUT2D eigenvalue weighted by Crippen LogP contribution is 2.35. The minimum atomic E-state index is -0.586. The van der Waals surface area contributed by atoms with Crippen LogP contribution < -0.4 is 11.1 Å². The normalized spacial score (nSPS) is 10.3. The zero-order valence-corrected chi connectivity index (χ0v) is 11.5. The Morgan fingerprint density at radius 2 is 2.25 bits per heavy atom. The molecule has 0 aliphatic heterocycles. The van der Waals surface area contributed by atoms with Gasteiger partial charge in [0.1, 0.15) is 0 Å². The maximum Gasteiger partial charge on any atom is 0.311 e. The monoisotopic (exact) mass is 293 g/mol. The van der Waals surface area contributed by atoms with Crippen LogP contribution in [-0.2, 0) is 4.79 Å². The zero-order chi connectivity index (χ0) is 14.9. The lowest BCUT2D eigenvalue weighted by Crippen LogP contribution is -2.04. The number of carbonyl (C=O) groups is 1. The first-order chi connectivity index (χ1) is 9.38. The van der Waals surface area contributed by atoms with Gasteiger partial charge in [-0.15, -0.1) is 0 Å². The van der Waals surface area contributed by atoms with Gasteiger partial charge in [-0.1, -0.05) is 11.3 Å². The summed E-state index contributed by atoms with van der Waals surface area (Å²) in [6.07, 6.45) is 1.44. The molecule has 20 heavy (non-hydrogen) atoms. The second-order valence-electron chi connectivity index (χ2n) is 4.00. The Morgan fingerprint density at radius 1 is 1.55 bits per heavy atom. The number of hydrogen-bond acceptors (Lipinski definition) is 7. The van der Waals surface area contributed by atoms with Crippen molar-refractivity contribution >= 4 is 33.9 Å². The quantitative estimate of drug-likeness (QED) is 0.658. The minimum Gasteiger partial charge on any atom is -0.378 e. The Morgan fingerprint density at radius 3 is 2.85 bits per heavy atom. The van der Waals surface area contributed by atoms with Crippen molar-refractivity contribution in [2.45, 2.75) is 13.8 Å². The van der Waals surface area contributed by atoms with Gasteiger partial charge in [0.15, 0.2) is 5.13 Å². The number of pyridine rings is 1. The molecule has 0 saturated heterocycles. The smallest absolute Gasteiger partial charge is 0.311 e. The largest absolute Gasteiger partial charge is 0.378 e. The summed E-state index contributed by atoms with van der Waals surface area (Å²) in [6.45, 7) is 3.13. The fraction of sp³-hybridized carbons (Fsp3) is 0.182. The molecule has 2 rings (SSSR count). The van der Waals surface area contributed by atoms with E-state index >= 15 is 0 Å². The second kappa shape index (κ2) is 5.21. The fourth-order valence-electron chi connectivity index (χ4n) is 1.60. The molecular formula is C11H11N5O3S. The number of nitrogens with two attached hydrogens (primary N) is 1. The Hall–Kier alpha value is -2.55. The number of anilines is 2. The molecule has 2 aromatic rings. The SMILES string of the molecule is CC(=O)Nc1nc(C)c(-c2cnc(N)c([N+](=O)[O-])c2)s1. The van der Waals surface area contributed by atoms with Crippen molar-refractivity contribution < 1.29 is 9.72 Å². The van der Waals surface area contributed by atoms with Gasteiger partial charge in [-0.25, -0.2) is 9.97 Å². The summed E-state index contributed by atoms with van der Waals surface area (Å²) >= 11 is 1.22. The molecule has 0 radical (unpaired) electrons. The van der Waals surface area contributed by atoms with Gasteiger partial charge >= 0.3 is 5.69 Å². The van der Waals surface area contributed by atoms with E-state index in [1.54, 1.807) is 6.92 Å². The van der Waals surface area contributed by atoms with E-state index in [2.05, 4.69) is 15.3 Å². The van der Waals surface area contributed by atoms with E-state index in [1.165, 1.54) is 30.5 Å². The van der Waals surface area contributed by atoms with Crippen molar-refractivity contribution in [1.82, 2.24) is 9.97 Å². The average Bonchev–Trinajstić information content (AvgIpc) is 2.69. The molecule has 8 nitrogen and oxygen atoms in total. The van der Waals surface area contributed by atoms with Crippen molar-refractivity contribution in [2.75, 3.05) is 11.1 Å². The molecule has 0 spiro atoms. The first-order valence-corrected chi connectivity index (χ1v) is 6.35. The number of carbonyl (C=O) groups excluding carboxylic acids is 1. The van der Waals surface area contributed by atoms with E-state index in [-0.39, 0.29) is 17.4 Å². The summed E-state index contributed by atoms with van der Waals surface area (Å²) < 4.78 is 0. The van der Waals surface area contributed by atoms with Crippen LogP contribution in [0.5, 0.6) is 0 Å². The highest BCUT2D eigenvalue weighted by molar-refractivity contribution is 7.19. The molecule has 0 aliphatic carbocycles. The maximum atomic E-state index is 11.0. The summed E-state index contributed by atoms with van der Waals surface area (Å²) in [4.78, 5) is 30.0. The van der Waals surface area contributed by atoms with E-state index in [1.807, 2.05) is 0 Å². The number of nitrogen functional groups attached to an aromatic ring is 1. The maximum absolute atomic E-state index is 11.0. The number of aryl methyl sites for hydroxylation is 1. The van der Waals surface area contributed by atoms with Crippen LogP contribution in [0.3, 0.4) is 0 Å². The molecule has 0 saturated carbocycles. The lowest BCUT2D eigenvalue weighted by Gasteiger charge is -2.00. The van der Waals surface area contributed by atoms with Crippen LogP contribution in [0.4, 0.5) is 16.6 Å². The molecule has 0 bridgehead atoms. The number of nitro groups is 1. The summed E-state index contributed by atoms with van der Waals surface area (Å²) in [5.41, 5.74) is 6.39. The fourth-order valence-corrected chi connectivity index (χ4v) is 2.60. The van der Waals surface area contributed by atoms with Crippen molar-refractivity contribution in [3.8, 4) is 10.4 Å². The highest BCUT2D eigenvalue weighted by Gasteiger charge is 2.17. The van der Waals surface area contributed by atoms with Gasteiger partial charge in [0.25, 0.3) is 0 Å². The van der Waals surface area contributed by atoms with Crippen molar-refractivity contribution in [1.29, 1.82) is 0 Å². The standard InChI is InChI=1S/C11H11N5O3S/c1-5-9(20-11(14-5)15-6(2)17)7-3-8(16(18)19)10(12)13-4-7/h3-4H,1-2H3,(H2,12,13)(H,14,15,17). The van der Waals surface area contributed by atoms with Crippen LogP contribution in [0.15, 0.2) is 12.3 Å². The first-order valence-electron chi connectivity index (χ1n) is 5.53. The molecule has 1 amide bonds. The summed E-state index contributed by atoms with van der Waals surface area (Å²) in [6, 6.07) is 1.35. The van der Waals surface area contributed by atoms with Gasteiger partial charge in [0.05, 0.1) is 15.5 Å². The van der Waals surface area contributed by atoms with Crippen LogP contribution in [0, 0.1) is 17.0 Å². The number of rotatable bonds is 3. The number of nitrogens with one attached hydrogen (secondary N) is 1. The van der Waals surface area contributed by atoms with Crippen molar-refractivity contribution in [3.63, 3.8) is 0 Å². The third-order valence-corrected chi connectivity index (χ3v) is 3.56. The summed E-state index contributed by atoms with van der Waals surface area (Å²) in [5.74, 6) is -0.366. The molecule has 3 N–H and O–H groups in total. The van der Waals surface area contributed by atoms with E-state index in [9.17, 15) is 14.9 Å². The van der Waals surface area contributed by atoms with Crippen molar-refractivity contribution in [3.05, 3.63) is 28.1 Å². The van der Waals surface area contributed by atoms with Crippen molar-refractivity contribution in [2.24, 2.45) is 0 Å². The van der Waals surface area contributed by atoms with Crippen LogP contribution in [0.2, 0.25) is 0 Å². The predicted molar refractivity (Wildman–Crippen MR) is 75.5 cm³/mol. The third kappa shape index (κ3) is 2.72. The van der Waals surface area contributed by atoms with E-state index in [0.29, 0.717) is 21.3 Å². The molecule has 0 aliphatic rings. The Labute approximate surface area is 117 Å². The molecule has 9 heteroatoms. The molecule has 0 fully saturated rings. The van der Waals surface area contributed by atoms with Crippen LogP contribution in [0.25, 0.3) is 10.4 Å². The Kier molecular flexibility index (Phi) is 3.61. The first kappa shape index (κ1) is 13.9. The zero-order valence-electron chi connectivity index (χ0n) is 10.7. The average molecular weight is 293 g/mol. The molecule has 104 valence electrons. The lowest BCUT2D eigenvalue weighted by molar-refractivity contribution is -0.384. The van der Waals surface area contributed by atoms with Crippen LogP contribution in [0.1, 0.15) is 12.6 Å². The van der Waals surface area contributed by atoms with Gasteiger partial charge in [0.2, 0.25) is 11.7 Å². The number of hydrogen-bond donors (Lipinski definition) is 2. The van der Waals surface area contributed by atoms with Gasteiger partial charge in [-0.05, 0) is 6.92 Å². The number of amides is 1. The number of nitrogens with zero attached hydrogens (tertiary/aromatic N) is 3. The topological polar surface area (TPSA) is 124 Å². The van der Waals surface area contributed by atoms with E-state index in [0.717, 1.165) is 0 Å². The van der Waals surface area contributed by atoms with E-state index in [4.69, 9.17) is 5.73 Å². The van der Waals surface area contributed by atoms with Crippen LogP contribution >= 0.6 is 11.3 Å². The van der Waals surface area contributed by atoms with E-state index < -0.39 is 4.92 Å². The van der Waals surface area contributed by atoms with Crippen LogP contribution in [-0.4, -0.2) is 20.8 Å². The molecule has 2 aromatic heterocycles. The molecule has 0 unspecified atom stereocenters. The van der Waals surface area contributed by atoms with Gasteiger partial charge in [-0.3, -0.25) is 14.9 Å². The third-order valence-electron chi connectivity index (χ3n) is 2.44. The predicted octanol–water partition coefficient (Wildman–Crippen LogP) is 1.96. The summed E-state index contributed by atoms with van der Waals surface area (Å²) in [7, 11) is 0.